The number of hydrogen-bond donors (Lipinski definition) is 1. The van der Waals surface area contributed by atoms with Crippen molar-refractivity contribution in [2.75, 3.05) is 0 Å². The SMILES string of the molecule is C[C@@H](Cc1ccc(-c2ccnc3c2CCC3)cc1)C(=O)O. The number of aromatic nitrogens is 1. The second-order valence-electron chi connectivity index (χ2n) is 5.78. The third-order valence-electron chi connectivity index (χ3n) is 4.21. The number of nitrogens with zero attached hydrogens (tertiary/aromatic N) is 1. The van der Waals surface area contributed by atoms with Crippen LogP contribution in [0, 0.1) is 5.92 Å². The molecule has 0 unspecified atom stereocenters. The van der Waals surface area contributed by atoms with E-state index in [0.717, 1.165) is 18.4 Å². The minimum atomic E-state index is -0.744. The molecule has 0 bridgehead atoms. The summed E-state index contributed by atoms with van der Waals surface area (Å²) in [7, 11) is 0. The van der Waals surface area contributed by atoms with Crippen molar-refractivity contribution < 1.29 is 9.90 Å². The lowest BCUT2D eigenvalue weighted by atomic mass is 9.96. The van der Waals surface area contributed by atoms with Gasteiger partial charge in [0.25, 0.3) is 0 Å². The van der Waals surface area contributed by atoms with Crippen LogP contribution in [0.1, 0.15) is 30.2 Å². The van der Waals surface area contributed by atoms with Crippen LogP contribution in [0.4, 0.5) is 0 Å². The van der Waals surface area contributed by atoms with Crippen molar-refractivity contribution in [1.82, 2.24) is 4.98 Å². The zero-order chi connectivity index (χ0) is 14.8. The van der Waals surface area contributed by atoms with E-state index in [0.29, 0.717) is 6.42 Å². The Morgan fingerprint density at radius 3 is 2.71 bits per heavy atom. The predicted octanol–water partition coefficient (Wildman–Crippen LogP) is 3.50. The van der Waals surface area contributed by atoms with Crippen LogP contribution in [0.3, 0.4) is 0 Å². The second-order valence-corrected chi connectivity index (χ2v) is 5.78. The molecular formula is C18H19NO2. The van der Waals surface area contributed by atoms with Crippen molar-refractivity contribution in [3.8, 4) is 11.1 Å². The summed E-state index contributed by atoms with van der Waals surface area (Å²) in [4.78, 5) is 15.4. The fourth-order valence-corrected chi connectivity index (χ4v) is 2.99. The van der Waals surface area contributed by atoms with Crippen molar-refractivity contribution in [3.63, 3.8) is 0 Å². The van der Waals surface area contributed by atoms with E-state index in [-0.39, 0.29) is 5.92 Å². The molecule has 0 spiro atoms. The third kappa shape index (κ3) is 2.82. The molecule has 1 aromatic carbocycles. The molecular weight excluding hydrogens is 262 g/mol. The Hall–Kier alpha value is -2.16. The van der Waals surface area contributed by atoms with Gasteiger partial charge in [-0.05, 0) is 54.0 Å². The first kappa shape index (κ1) is 13.8. The monoisotopic (exact) mass is 281 g/mol. The molecule has 3 heteroatoms. The molecule has 3 rings (SSSR count). The minimum absolute atomic E-state index is 0.346. The molecule has 1 aliphatic rings. The Labute approximate surface area is 124 Å². The number of aliphatic carboxylic acids is 1. The van der Waals surface area contributed by atoms with Gasteiger partial charge in [0.15, 0.2) is 0 Å². The molecule has 108 valence electrons. The van der Waals surface area contributed by atoms with Gasteiger partial charge >= 0.3 is 5.97 Å². The van der Waals surface area contributed by atoms with Crippen LogP contribution in [0.25, 0.3) is 11.1 Å². The summed E-state index contributed by atoms with van der Waals surface area (Å²) in [6.45, 7) is 1.74. The summed E-state index contributed by atoms with van der Waals surface area (Å²) in [6.07, 6.45) is 5.84. The Balaban J connectivity index is 1.85. The number of carboxylic acids is 1. The van der Waals surface area contributed by atoms with Crippen LogP contribution in [-0.4, -0.2) is 16.1 Å². The summed E-state index contributed by atoms with van der Waals surface area (Å²) >= 11 is 0. The smallest absolute Gasteiger partial charge is 0.306 e. The van der Waals surface area contributed by atoms with Crippen LogP contribution >= 0.6 is 0 Å². The first-order valence-electron chi connectivity index (χ1n) is 7.44. The maximum Gasteiger partial charge on any atom is 0.306 e. The van der Waals surface area contributed by atoms with Crippen molar-refractivity contribution in [2.24, 2.45) is 5.92 Å². The average Bonchev–Trinajstić information content (AvgIpc) is 2.96. The van der Waals surface area contributed by atoms with E-state index in [1.165, 1.54) is 28.8 Å². The van der Waals surface area contributed by atoms with E-state index < -0.39 is 5.97 Å². The van der Waals surface area contributed by atoms with Gasteiger partial charge in [-0.15, -0.1) is 0 Å². The first-order valence-corrected chi connectivity index (χ1v) is 7.44. The van der Waals surface area contributed by atoms with Crippen LogP contribution < -0.4 is 0 Å². The van der Waals surface area contributed by atoms with Crippen molar-refractivity contribution in [1.29, 1.82) is 0 Å². The van der Waals surface area contributed by atoms with Gasteiger partial charge in [0.05, 0.1) is 5.92 Å². The molecule has 1 heterocycles. The molecule has 3 nitrogen and oxygen atoms in total. The largest absolute Gasteiger partial charge is 0.481 e. The van der Waals surface area contributed by atoms with E-state index >= 15 is 0 Å². The maximum atomic E-state index is 10.9. The Morgan fingerprint density at radius 2 is 2.00 bits per heavy atom. The lowest BCUT2D eigenvalue weighted by Crippen LogP contribution is -2.12. The molecule has 21 heavy (non-hydrogen) atoms. The number of carboxylic acid groups (broad SMARTS) is 1. The van der Waals surface area contributed by atoms with E-state index in [1.54, 1.807) is 6.92 Å². The van der Waals surface area contributed by atoms with Gasteiger partial charge in [0.1, 0.15) is 0 Å². The van der Waals surface area contributed by atoms with Gasteiger partial charge in [-0.25, -0.2) is 0 Å². The topological polar surface area (TPSA) is 50.2 Å². The van der Waals surface area contributed by atoms with Gasteiger partial charge in [0, 0.05) is 11.9 Å². The Morgan fingerprint density at radius 1 is 1.24 bits per heavy atom. The molecule has 1 atom stereocenters. The van der Waals surface area contributed by atoms with Crippen LogP contribution in [-0.2, 0) is 24.1 Å². The fraction of sp³-hybridized carbons (Fsp3) is 0.333. The molecule has 0 fully saturated rings. The Kier molecular flexibility index (Phi) is 3.74. The molecule has 0 aliphatic heterocycles. The predicted molar refractivity (Wildman–Crippen MR) is 82.2 cm³/mol. The first-order chi connectivity index (χ1) is 10.1. The zero-order valence-electron chi connectivity index (χ0n) is 12.2. The van der Waals surface area contributed by atoms with Gasteiger partial charge in [0.2, 0.25) is 0 Å². The van der Waals surface area contributed by atoms with E-state index in [1.807, 2.05) is 18.3 Å². The number of pyridine rings is 1. The van der Waals surface area contributed by atoms with E-state index in [4.69, 9.17) is 5.11 Å². The highest BCUT2D eigenvalue weighted by Crippen LogP contribution is 2.31. The van der Waals surface area contributed by atoms with Gasteiger partial charge in [-0.3, -0.25) is 9.78 Å². The number of benzene rings is 1. The molecule has 1 aliphatic carbocycles. The molecule has 0 amide bonds. The minimum Gasteiger partial charge on any atom is -0.481 e. The summed E-state index contributed by atoms with van der Waals surface area (Å²) < 4.78 is 0. The summed E-state index contributed by atoms with van der Waals surface area (Å²) in [5, 5.41) is 8.97. The lowest BCUT2D eigenvalue weighted by Gasteiger charge is -2.10. The van der Waals surface area contributed by atoms with E-state index in [2.05, 4.69) is 23.2 Å². The highest BCUT2D eigenvalue weighted by Gasteiger charge is 2.17. The van der Waals surface area contributed by atoms with Gasteiger partial charge in [-0.1, -0.05) is 31.2 Å². The average molecular weight is 281 g/mol. The van der Waals surface area contributed by atoms with Gasteiger partial charge in [-0.2, -0.15) is 0 Å². The molecule has 1 aromatic heterocycles. The summed E-state index contributed by atoms with van der Waals surface area (Å²) in [5.74, 6) is -1.09. The number of carbonyl (C=O) groups is 1. The molecule has 0 radical (unpaired) electrons. The summed E-state index contributed by atoms with van der Waals surface area (Å²) in [5.41, 5.74) is 6.15. The lowest BCUT2D eigenvalue weighted by molar-refractivity contribution is -0.141. The standard InChI is InChI=1S/C18H19NO2/c1-12(18(20)21)11-13-5-7-14(8-6-13)15-9-10-19-17-4-2-3-16(15)17/h5-10,12H,2-4,11H2,1H3,(H,20,21)/t12-/m0/s1. The third-order valence-corrected chi connectivity index (χ3v) is 4.21. The van der Waals surface area contributed by atoms with E-state index in [9.17, 15) is 4.79 Å². The fourth-order valence-electron chi connectivity index (χ4n) is 2.99. The molecule has 2 aromatic rings. The Bertz CT molecular complexity index is 661. The highest BCUT2D eigenvalue weighted by atomic mass is 16.4. The maximum absolute atomic E-state index is 10.9. The van der Waals surface area contributed by atoms with Crippen molar-refractivity contribution in [2.45, 2.75) is 32.6 Å². The zero-order valence-corrected chi connectivity index (χ0v) is 12.2. The highest BCUT2D eigenvalue weighted by molar-refractivity contribution is 5.71. The normalized spacial score (nSPS) is 14.7. The molecule has 0 saturated carbocycles. The quantitative estimate of drug-likeness (QED) is 0.933. The van der Waals surface area contributed by atoms with Gasteiger partial charge < -0.3 is 5.11 Å². The van der Waals surface area contributed by atoms with Crippen LogP contribution in [0.5, 0.6) is 0 Å². The number of rotatable bonds is 4. The number of fused-ring (bicyclic) bond motifs is 1. The second kappa shape index (κ2) is 5.68. The molecule has 0 saturated heterocycles. The summed E-state index contributed by atoms with van der Waals surface area (Å²) in [6, 6.07) is 10.3. The number of hydrogen-bond acceptors (Lipinski definition) is 2. The van der Waals surface area contributed by atoms with Crippen molar-refractivity contribution >= 4 is 5.97 Å². The van der Waals surface area contributed by atoms with Crippen molar-refractivity contribution in [3.05, 3.63) is 53.3 Å². The molecule has 1 N–H and O–H groups in total. The number of aryl methyl sites for hydroxylation is 1. The van der Waals surface area contributed by atoms with Crippen LogP contribution in [0.2, 0.25) is 0 Å². The van der Waals surface area contributed by atoms with Crippen LogP contribution in [0.15, 0.2) is 36.5 Å².